The number of hydrogen-bond donors (Lipinski definition) is 1. The SMILES string of the molecule is CCCC(N)c1cn(-c2ccc(C(F)(F)F)cc2Cl)nn1. The third kappa shape index (κ3) is 3.54. The summed E-state index contributed by atoms with van der Waals surface area (Å²) in [5.74, 6) is 0. The van der Waals surface area contributed by atoms with Crippen molar-refractivity contribution in [1.82, 2.24) is 15.0 Å². The van der Waals surface area contributed by atoms with Gasteiger partial charge in [0, 0.05) is 0 Å². The van der Waals surface area contributed by atoms with Gasteiger partial charge in [-0.3, -0.25) is 0 Å². The summed E-state index contributed by atoms with van der Waals surface area (Å²) < 4.78 is 39.1. The Hall–Kier alpha value is -1.60. The molecule has 0 saturated heterocycles. The molecule has 1 aromatic carbocycles. The second-order valence-electron chi connectivity index (χ2n) is 4.65. The van der Waals surface area contributed by atoms with E-state index in [2.05, 4.69) is 10.3 Å². The first-order valence-electron chi connectivity index (χ1n) is 6.38. The molecule has 1 unspecified atom stereocenters. The minimum atomic E-state index is -4.43. The third-order valence-corrected chi connectivity index (χ3v) is 3.32. The molecule has 0 fully saturated rings. The molecule has 0 aliphatic rings. The maximum atomic E-state index is 12.6. The predicted molar refractivity (Wildman–Crippen MR) is 73.2 cm³/mol. The summed E-state index contributed by atoms with van der Waals surface area (Å²) in [4.78, 5) is 0. The molecule has 0 bridgehead atoms. The summed E-state index contributed by atoms with van der Waals surface area (Å²) in [7, 11) is 0. The van der Waals surface area contributed by atoms with Crippen LogP contribution in [0.25, 0.3) is 5.69 Å². The van der Waals surface area contributed by atoms with Crippen LogP contribution in [0.2, 0.25) is 5.02 Å². The van der Waals surface area contributed by atoms with Crippen molar-refractivity contribution >= 4 is 11.6 Å². The van der Waals surface area contributed by atoms with E-state index in [-0.39, 0.29) is 11.1 Å². The van der Waals surface area contributed by atoms with Gasteiger partial charge < -0.3 is 5.73 Å². The van der Waals surface area contributed by atoms with Gasteiger partial charge in [-0.15, -0.1) is 5.10 Å². The van der Waals surface area contributed by atoms with Crippen LogP contribution in [0.3, 0.4) is 0 Å². The Balaban J connectivity index is 2.31. The zero-order valence-corrected chi connectivity index (χ0v) is 12.0. The molecular weight excluding hydrogens is 305 g/mol. The van der Waals surface area contributed by atoms with Crippen molar-refractivity contribution in [2.45, 2.75) is 32.0 Å². The van der Waals surface area contributed by atoms with Gasteiger partial charge in [0.1, 0.15) is 0 Å². The number of aromatic nitrogens is 3. The van der Waals surface area contributed by atoms with Crippen LogP contribution >= 0.6 is 11.6 Å². The molecule has 0 amide bonds. The summed E-state index contributed by atoms with van der Waals surface area (Å²) in [5, 5.41) is 7.74. The molecule has 0 aliphatic carbocycles. The first kappa shape index (κ1) is 15.8. The van der Waals surface area contributed by atoms with E-state index in [9.17, 15) is 13.2 Å². The first-order chi connectivity index (χ1) is 9.82. The standard InChI is InChI=1S/C13H14ClF3N4/c1-2-3-10(18)11-7-21(20-19-11)12-5-4-8(6-9(12)14)13(15,16)17/h4-7,10H,2-3,18H2,1H3. The Morgan fingerprint density at radius 3 is 2.67 bits per heavy atom. The molecule has 2 N–H and O–H groups in total. The fourth-order valence-electron chi connectivity index (χ4n) is 1.89. The van der Waals surface area contributed by atoms with Gasteiger partial charge in [0.05, 0.1) is 34.2 Å². The molecule has 8 heteroatoms. The average Bonchev–Trinajstić information content (AvgIpc) is 2.87. The monoisotopic (exact) mass is 318 g/mol. The van der Waals surface area contributed by atoms with Crippen LogP contribution in [0.5, 0.6) is 0 Å². The van der Waals surface area contributed by atoms with Gasteiger partial charge >= 0.3 is 6.18 Å². The Labute approximate surface area is 124 Å². The molecule has 1 atom stereocenters. The Kier molecular flexibility index (Phi) is 4.53. The van der Waals surface area contributed by atoms with E-state index in [4.69, 9.17) is 17.3 Å². The van der Waals surface area contributed by atoms with E-state index in [0.717, 1.165) is 25.0 Å². The van der Waals surface area contributed by atoms with Crippen molar-refractivity contribution in [3.05, 3.63) is 40.7 Å². The van der Waals surface area contributed by atoms with Crippen molar-refractivity contribution in [2.24, 2.45) is 5.73 Å². The summed E-state index contributed by atoms with van der Waals surface area (Å²) >= 11 is 5.90. The number of alkyl halides is 3. The highest BCUT2D eigenvalue weighted by Gasteiger charge is 2.31. The number of hydrogen-bond acceptors (Lipinski definition) is 3. The van der Waals surface area contributed by atoms with Crippen LogP contribution in [-0.2, 0) is 6.18 Å². The summed E-state index contributed by atoms with van der Waals surface area (Å²) in [5.41, 5.74) is 6.02. The maximum absolute atomic E-state index is 12.6. The van der Waals surface area contributed by atoms with Crippen LogP contribution in [-0.4, -0.2) is 15.0 Å². The lowest BCUT2D eigenvalue weighted by Crippen LogP contribution is -2.10. The Bertz CT molecular complexity index is 624. The number of halogens is 4. The average molecular weight is 319 g/mol. The number of benzene rings is 1. The number of rotatable bonds is 4. The number of nitrogens with two attached hydrogens (primary N) is 1. The van der Waals surface area contributed by atoms with E-state index in [1.54, 1.807) is 6.20 Å². The minimum absolute atomic E-state index is 0.0506. The van der Waals surface area contributed by atoms with Crippen LogP contribution in [0.1, 0.15) is 37.1 Å². The Morgan fingerprint density at radius 1 is 1.38 bits per heavy atom. The van der Waals surface area contributed by atoms with Crippen molar-refractivity contribution in [2.75, 3.05) is 0 Å². The highest BCUT2D eigenvalue weighted by Crippen LogP contribution is 2.33. The lowest BCUT2D eigenvalue weighted by atomic mass is 10.1. The third-order valence-electron chi connectivity index (χ3n) is 3.01. The topological polar surface area (TPSA) is 56.7 Å². The largest absolute Gasteiger partial charge is 0.416 e. The van der Waals surface area contributed by atoms with Crippen LogP contribution in [0, 0.1) is 0 Å². The van der Waals surface area contributed by atoms with E-state index in [1.165, 1.54) is 10.7 Å². The van der Waals surface area contributed by atoms with Gasteiger partial charge in [0.15, 0.2) is 0 Å². The molecule has 114 valence electrons. The van der Waals surface area contributed by atoms with Gasteiger partial charge in [-0.25, -0.2) is 4.68 Å². The molecule has 0 saturated carbocycles. The van der Waals surface area contributed by atoms with E-state index >= 15 is 0 Å². The van der Waals surface area contributed by atoms with E-state index in [0.29, 0.717) is 11.4 Å². The van der Waals surface area contributed by atoms with Crippen molar-refractivity contribution < 1.29 is 13.2 Å². The van der Waals surface area contributed by atoms with Gasteiger partial charge in [-0.05, 0) is 24.6 Å². The van der Waals surface area contributed by atoms with Crippen LogP contribution in [0.4, 0.5) is 13.2 Å². The van der Waals surface area contributed by atoms with Gasteiger partial charge in [-0.2, -0.15) is 13.2 Å². The molecule has 21 heavy (non-hydrogen) atoms. The number of nitrogens with zero attached hydrogens (tertiary/aromatic N) is 3. The quantitative estimate of drug-likeness (QED) is 0.934. The summed E-state index contributed by atoms with van der Waals surface area (Å²) in [6.45, 7) is 2.00. The lowest BCUT2D eigenvalue weighted by molar-refractivity contribution is -0.137. The van der Waals surface area contributed by atoms with Crippen molar-refractivity contribution in [3.63, 3.8) is 0 Å². The Morgan fingerprint density at radius 2 is 2.10 bits per heavy atom. The molecule has 1 aromatic heterocycles. The normalized spacial score (nSPS) is 13.4. The molecule has 4 nitrogen and oxygen atoms in total. The highest BCUT2D eigenvalue weighted by molar-refractivity contribution is 6.32. The van der Waals surface area contributed by atoms with Gasteiger partial charge in [-0.1, -0.05) is 30.2 Å². The zero-order chi connectivity index (χ0) is 15.6. The molecule has 0 radical (unpaired) electrons. The minimum Gasteiger partial charge on any atom is -0.323 e. The highest BCUT2D eigenvalue weighted by atomic mass is 35.5. The van der Waals surface area contributed by atoms with Gasteiger partial charge in [0.2, 0.25) is 0 Å². The summed E-state index contributed by atoms with van der Waals surface area (Å²) in [6, 6.07) is 2.82. The second kappa shape index (κ2) is 6.03. The molecule has 1 heterocycles. The fraction of sp³-hybridized carbons (Fsp3) is 0.385. The van der Waals surface area contributed by atoms with Crippen molar-refractivity contribution in [1.29, 1.82) is 0 Å². The van der Waals surface area contributed by atoms with E-state index < -0.39 is 11.7 Å². The van der Waals surface area contributed by atoms with Crippen molar-refractivity contribution in [3.8, 4) is 5.69 Å². The summed E-state index contributed by atoms with van der Waals surface area (Å²) in [6.07, 6.45) is -1.21. The maximum Gasteiger partial charge on any atom is 0.416 e. The first-order valence-corrected chi connectivity index (χ1v) is 6.75. The second-order valence-corrected chi connectivity index (χ2v) is 5.05. The molecular formula is C13H14ClF3N4. The van der Waals surface area contributed by atoms with Crippen LogP contribution in [0.15, 0.2) is 24.4 Å². The van der Waals surface area contributed by atoms with Gasteiger partial charge in [0.25, 0.3) is 0 Å². The molecule has 0 aliphatic heterocycles. The molecule has 0 spiro atoms. The molecule has 2 aromatic rings. The van der Waals surface area contributed by atoms with Crippen LogP contribution < -0.4 is 5.73 Å². The lowest BCUT2D eigenvalue weighted by Gasteiger charge is -2.09. The zero-order valence-electron chi connectivity index (χ0n) is 11.2. The fourth-order valence-corrected chi connectivity index (χ4v) is 2.16. The predicted octanol–water partition coefficient (Wildman–Crippen LogP) is 3.74. The smallest absolute Gasteiger partial charge is 0.323 e. The molecule has 2 rings (SSSR count). The van der Waals surface area contributed by atoms with E-state index in [1.807, 2.05) is 6.92 Å².